The molecule has 0 spiro atoms. The fourth-order valence-corrected chi connectivity index (χ4v) is 13.3. The number of benzene rings is 2. The first-order valence-corrected chi connectivity index (χ1v) is 35.4. The second kappa shape index (κ2) is 25.2. The molecule has 15 heteroatoms. The summed E-state index contributed by atoms with van der Waals surface area (Å²) in [7, 11) is -8.67. The molecular formula is C55H96O11SSi3. The minimum absolute atomic E-state index is 0.00343. The van der Waals surface area contributed by atoms with E-state index in [1.807, 2.05) is 58.9 Å². The van der Waals surface area contributed by atoms with Crippen molar-refractivity contribution in [3.05, 3.63) is 71.8 Å². The summed E-state index contributed by atoms with van der Waals surface area (Å²) < 4.78 is 72.9. The van der Waals surface area contributed by atoms with Crippen LogP contribution in [0.15, 0.2) is 65.6 Å². The van der Waals surface area contributed by atoms with Crippen LogP contribution in [0, 0.1) is 42.4 Å². The van der Waals surface area contributed by atoms with Crippen molar-refractivity contribution >= 4 is 46.8 Å². The van der Waals surface area contributed by atoms with E-state index in [0.29, 0.717) is 0 Å². The number of hydrogen-bond donors (Lipinski definition) is 0. The molecule has 0 aliphatic rings. The van der Waals surface area contributed by atoms with Crippen molar-refractivity contribution in [2.24, 2.45) is 35.5 Å². The van der Waals surface area contributed by atoms with Crippen LogP contribution in [0.25, 0.3) is 0 Å². The lowest BCUT2D eigenvalue weighted by Crippen LogP contribution is -2.55. The van der Waals surface area contributed by atoms with Gasteiger partial charge >= 0.3 is 5.97 Å². The molecule has 0 heterocycles. The second-order valence-electron chi connectivity index (χ2n) is 24.6. The Labute approximate surface area is 429 Å². The van der Waals surface area contributed by atoms with Gasteiger partial charge in [-0.3, -0.25) is 8.98 Å². The fourth-order valence-electron chi connectivity index (χ4n) is 7.90. The predicted octanol–water partition coefficient (Wildman–Crippen LogP) is 13.6. The summed E-state index contributed by atoms with van der Waals surface area (Å²) in [5.74, 6) is -2.41. The minimum atomic E-state index is -4.08. The Bertz CT molecular complexity index is 2100. The zero-order valence-corrected chi connectivity index (χ0v) is 51.7. The van der Waals surface area contributed by atoms with Gasteiger partial charge in [0.15, 0.2) is 25.0 Å². The number of rotatable bonds is 26. The van der Waals surface area contributed by atoms with Crippen LogP contribution in [0.1, 0.15) is 115 Å². The van der Waals surface area contributed by atoms with Crippen molar-refractivity contribution in [3.63, 3.8) is 0 Å². The largest absolute Gasteiger partial charge is 0.497 e. The number of hydrogen-bond acceptors (Lipinski definition) is 11. The van der Waals surface area contributed by atoms with Crippen LogP contribution >= 0.6 is 0 Å². The molecule has 0 amide bonds. The number of esters is 1. The molecule has 2 rings (SSSR count). The van der Waals surface area contributed by atoms with Crippen molar-refractivity contribution in [1.82, 2.24) is 0 Å². The van der Waals surface area contributed by atoms with Gasteiger partial charge < -0.3 is 27.5 Å². The van der Waals surface area contributed by atoms with E-state index in [1.165, 1.54) is 13.2 Å². The third-order valence-corrected chi connectivity index (χ3v) is 30.6. The standard InChI is InChI=1S/C55H96O11SSi3/c1-37-25-32-46(33-26-37)67(58,59)63-35-39(3)50(65-69(21,22)54(11,12)13)42(6)51(62-36-44-28-30-45(60-17)31-29-44)43(7)52(66-70(23,24)55(14,15)16)41(5)48(57)40(4)49(38(2)27-34-47(56)61-18)64-68(19,20)53(8,9)10/h25-34,38-43,49-52H,35-36H2,1-24H3/b34-27+/t38-,39+,40+,41-,42-,43+,49+,50-,51+,52+/m0/s1. The maximum atomic E-state index is 15.5. The van der Waals surface area contributed by atoms with E-state index < -0.39 is 83.2 Å². The number of carbonyl (C=O) groups excluding carboxylic acids is 2. The monoisotopic (exact) mass is 1050 g/mol. The van der Waals surface area contributed by atoms with Crippen LogP contribution in [-0.2, 0) is 53.2 Å². The van der Waals surface area contributed by atoms with E-state index in [4.69, 9.17) is 31.7 Å². The first-order chi connectivity index (χ1) is 31.7. The Hall–Kier alpha value is -2.48. The molecule has 0 aromatic heterocycles. The molecule has 0 unspecified atom stereocenters. The predicted molar refractivity (Wildman–Crippen MR) is 293 cm³/mol. The maximum Gasteiger partial charge on any atom is 0.330 e. The average Bonchev–Trinajstić information content (AvgIpc) is 3.25. The fraction of sp³-hybridized carbons (Fsp3) is 0.709. The van der Waals surface area contributed by atoms with Gasteiger partial charge in [-0.05, 0) is 91.1 Å². The SMILES string of the molecule is COC(=O)/C=C/[C@H](C)[C@@H](O[Si](C)(C)C(C)(C)C)[C@H](C)C(=O)[C@H](C)[C@@H](O[Si](C)(C)C(C)(C)C)[C@H](C)[C@H](OCc1ccc(OC)cc1)[C@@H](C)[C@@H](O[Si](C)(C)C(C)(C)C)[C@H](C)COS(=O)(=O)c1ccc(C)cc1. The topological polar surface area (TPSA) is 133 Å². The number of ether oxygens (including phenoxy) is 3. The molecule has 70 heavy (non-hydrogen) atoms. The molecule has 0 radical (unpaired) electrons. The van der Waals surface area contributed by atoms with Crippen LogP contribution < -0.4 is 4.74 Å². The average molecular weight is 1050 g/mol. The number of ketones is 1. The van der Waals surface area contributed by atoms with Crippen LogP contribution in [0.4, 0.5) is 0 Å². The van der Waals surface area contributed by atoms with Crippen LogP contribution in [0.2, 0.25) is 54.4 Å². The molecule has 0 N–H and O–H groups in total. The molecule has 0 aliphatic heterocycles. The van der Waals surface area contributed by atoms with Gasteiger partial charge in [0.25, 0.3) is 10.1 Å². The van der Waals surface area contributed by atoms with Crippen LogP contribution in [-0.4, -0.2) is 90.4 Å². The van der Waals surface area contributed by atoms with E-state index in [1.54, 1.807) is 37.5 Å². The summed E-state index contributed by atoms with van der Waals surface area (Å²) in [5.41, 5.74) is 1.88. The van der Waals surface area contributed by atoms with E-state index in [9.17, 15) is 13.2 Å². The lowest BCUT2D eigenvalue weighted by Gasteiger charge is -2.48. The molecule has 11 nitrogen and oxygen atoms in total. The van der Waals surface area contributed by atoms with Gasteiger partial charge in [0.05, 0.1) is 56.7 Å². The first-order valence-electron chi connectivity index (χ1n) is 25.3. The lowest BCUT2D eigenvalue weighted by atomic mass is 9.76. The highest BCUT2D eigenvalue weighted by Crippen LogP contribution is 2.45. The van der Waals surface area contributed by atoms with Gasteiger partial charge in [-0.25, -0.2) is 4.79 Å². The number of Topliss-reactive ketones (excluding diaryl/α,β-unsaturated/α-hetero) is 1. The number of methoxy groups -OCH3 is 2. The first kappa shape index (κ1) is 63.6. The summed E-state index contributed by atoms with van der Waals surface area (Å²) in [6.45, 7) is 47.1. The zero-order valence-electron chi connectivity index (χ0n) is 47.9. The van der Waals surface area contributed by atoms with Crippen molar-refractivity contribution in [2.45, 2.75) is 201 Å². The van der Waals surface area contributed by atoms with E-state index in [0.717, 1.165) is 16.9 Å². The third kappa shape index (κ3) is 17.3. The highest BCUT2D eigenvalue weighted by molar-refractivity contribution is 7.86. The smallest absolute Gasteiger partial charge is 0.330 e. The molecule has 0 fully saturated rings. The van der Waals surface area contributed by atoms with Crippen LogP contribution in [0.3, 0.4) is 0 Å². The summed E-state index contributed by atoms with van der Waals surface area (Å²) in [6, 6.07) is 14.4. The minimum Gasteiger partial charge on any atom is -0.497 e. The Balaban J connectivity index is 2.92. The van der Waals surface area contributed by atoms with Crippen molar-refractivity contribution in [3.8, 4) is 5.75 Å². The summed E-state index contributed by atoms with van der Waals surface area (Å²) in [6.07, 6.45) is 0.956. The van der Waals surface area contributed by atoms with Gasteiger partial charge in [0.1, 0.15) is 11.5 Å². The quantitative estimate of drug-likeness (QED) is 0.0386. The molecule has 2 aromatic rings. The maximum absolute atomic E-state index is 15.5. The van der Waals surface area contributed by atoms with Crippen molar-refractivity contribution in [1.29, 1.82) is 0 Å². The molecule has 0 saturated carbocycles. The highest BCUT2D eigenvalue weighted by Gasteiger charge is 2.50. The zero-order chi connectivity index (χ0) is 54.2. The summed E-state index contributed by atoms with van der Waals surface area (Å²) >= 11 is 0. The molecule has 2 aromatic carbocycles. The molecule has 0 saturated heterocycles. The third-order valence-electron chi connectivity index (χ3n) is 15.9. The van der Waals surface area contributed by atoms with Crippen molar-refractivity contribution < 1.29 is 49.7 Å². The Kier molecular flexibility index (Phi) is 22.9. The lowest BCUT2D eigenvalue weighted by molar-refractivity contribution is -0.139. The second-order valence-corrected chi connectivity index (χ2v) is 40.5. The highest BCUT2D eigenvalue weighted by atomic mass is 32.2. The number of carbonyl (C=O) groups is 2. The van der Waals surface area contributed by atoms with Gasteiger partial charge in [-0.2, -0.15) is 8.42 Å². The molecule has 0 bridgehead atoms. The normalized spacial score (nSPS) is 18.0. The van der Waals surface area contributed by atoms with Gasteiger partial charge in [-0.15, -0.1) is 0 Å². The van der Waals surface area contributed by atoms with E-state index >= 15 is 4.79 Å². The van der Waals surface area contributed by atoms with Gasteiger partial charge in [-0.1, -0.05) is 140 Å². The molecule has 10 atom stereocenters. The molecule has 400 valence electrons. The van der Waals surface area contributed by atoms with Crippen molar-refractivity contribution in [2.75, 3.05) is 20.8 Å². The van der Waals surface area contributed by atoms with E-state index in [-0.39, 0.29) is 56.8 Å². The van der Waals surface area contributed by atoms with Gasteiger partial charge in [0.2, 0.25) is 0 Å². The summed E-state index contributed by atoms with van der Waals surface area (Å²) in [5, 5.41) is -0.523. The van der Waals surface area contributed by atoms with Gasteiger partial charge in [0, 0.05) is 41.6 Å². The Morgan fingerprint density at radius 3 is 1.49 bits per heavy atom. The summed E-state index contributed by atoms with van der Waals surface area (Å²) in [4.78, 5) is 27.9. The molecular weight excluding hydrogens is 953 g/mol. The Morgan fingerprint density at radius 1 is 0.614 bits per heavy atom. The van der Waals surface area contributed by atoms with E-state index in [2.05, 4.69) is 115 Å². The molecule has 0 aliphatic carbocycles. The Morgan fingerprint density at radius 2 is 1.04 bits per heavy atom. The van der Waals surface area contributed by atoms with Crippen LogP contribution in [0.5, 0.6) is 5.75 Å². The number of aryl methyl sites for hydroxylation is 1.